The van der Waals surface area contributed by atoms with Crippen molar-refractivity contribution >= 4 is 23.5 Å². The monoisotopic (exact) mass is 692 g/mol. The fourth-order valence-electron chi connectivity index (χ4n) is 4.40. The van der Waals surface area contributed by atoms with Crippen LogP contribution in [-0.4, -0.2) is 56.7 Å². The van der Waals surface area contributed by atoms with Crippen LogP contribution in [0, 0.1) is 0 Å². The van der Waals surface area contributed by atoms with Crippen LogP contribution in [0.1, 0.15) is 54.4 Å². The third-order valence-electron chi connectivity index (χ3n) is 6.78. The van der Waals surface area contributed by atoms with E-state index in [0.29, 0.717) is 27.4 Å². The maximum absolute atomic E-state index is 12.9. The number of likely N-dealkylation sites (N-methyl/N-ethyl adjacent to an activating group) is 1. The highest BCUT2D eigenvalue weighted by atomic mass is 127. The molecule has 8 heteroatoms. The fraction of sp³-hybridized carbons (Fsp3) is 0.394. The number of unbranched alkanes of at least 4 members (excludes halogenated alkanes) is 5. The molecule has 0 aliphatic carbocycles. The molecule has 1 N–H and O–H groups in total. The van der Waals surface area contributed by atoms with Crippen LogP contribution in [0.2, 0.25) is 5.02 Å². The van der Waals surface area contributed by atoms with Gasteiger partial charge in [0.05, 0.1) is 38.3 Å². The zero-order valence-corrected chi connectivity index (χ0v) is 27.2. The number of quaternary nitrogens is 1. The number of hydrogen-bond acceptors (Lipinski definition) is 4. The van der Waals surface area contributed by atoms with Crippen molar-refractivity contribution < 1.29 is 47.5 Å². The molecule has 1 unspecified atom stereocenters. The van der Waals surface area contributed by atoms with Gasteiger partial charge < -0.3 is 43.3 Å². The Morgan fingerprint density at radius 2 is 1.37 bits per heavy atom. The van der Waals surface area contributed by atoms with Gasteiger partial charge in [-0.1, -0.05) is 79.7 Å². The molecule has 0 spiro atoms. The predicted molar refractivity (Wildman–Crippen MR) is 161 cm³/mol. The zero-order valence-electron chi connectivity index (χ0n) is 24.3. The van der Waals surface area contributed by atoms with Crippen molar-refractivity contribution in [2.24, 2.45) is 0 Å². The number of hydrogen-bond donors (Lipinski definition) is 1. The first-order chi connectivity index (χ1) is 19.2. The van der Waals surface area contributed by atoms with E-state index in [-0.39, 0.29) is 35.9 Å². The molecule has 3 rings (SSSR count). The van der Waals surface area contributed by atoms with E-state index in [1.807, 2.05) is 18.2 Å². The smallest absolute Gasteiger partial charge is 0.345 e. The summed E-state index contributed by atoms with van der Waals surface area (Å²) >= 11 is 6.06. The minimum absolute atomic E-state index is 0. The standard InChI is InChI=1S/C33H41ClN2O4.HI/c1-36(2,3)31(25-26-15-9-8-10-16-26)32(37)35-23-13-6-4-5-7-14-24-39-27-19-21-28(22-20-27)40-33(38)29-17-11-12-18-30(29)34;/h8-12,15-22,31H,4-7,13-14,23-25H2,1-3H3;1H. The molecule has 0 aliphatic rings. The van der Waals surface area contributed by atoms with Crippen LogP contribution >= 0.6 is 11.6 Å². The molecule has 3 aromatic rings. The summed E-state index contributed by atoms with van der Waals surface area (Å²) in [5, 5.41) is 3.52. The molecule has 0 heterocycles. The third kappa shape index (κ3) is 12.4. The lowest BCUT2D eigenvalue weighted by Gasteiger charge is -2.33. The highest BCUT2D eigenvalue weighted by molar-refractivity contribution is 6.33. The molecule has 6 nitrogen and oxygen atoms in total. The van der Waals surface area contributed by atoms with Crippen LogP contribution in [0.3, 0.4) is 0 Å². The van der Waals surface area contributed by atoms with Crippen LogP contribution in [0.25, 0.3) is 0 Å². The number of ether oxygens (including phenoxy) is 2. The number of nitrogens with one attached hydrogen (secondary N) is 1. The van der Waals surface area contributed by atoms with Crippen LogP contribution in [0.15, 0.2) is 78.9 Å². The molecule has 0 radical (unpaired) electrons. The van der Waals surface area contributed by atoms with Crippen molar-refractivity contribution in [2.45, 2.75) is 51.0 Å². The number of esters is 1. The summed E-state index contributed by atoms with van der Waals surface area (Å²) in [5.41, 5.74) is 1.52. The Kier molecular flexibility index (Phi) is 15.2. The number of carbonyl (C=O) groups excluding carboxylic acids is 2. The summed E-state index contributed by atoms with van der Waals surface area (Å²) in [6, 6.07) is 23.9. The van der Waals surface area contributed by atoms with Gasteiger partial charge in [-0.2, -0.15) is 0 Å². The first-order valence-electron chi connectivity index (χ1n) is 14.1. The molecule has 0 bridgehead atoms. The number of benzene rings is 3. The Balaban J connectivity index is 0.00000588. The largest absolute Gasteiger partial charge is 1.00 e. The second-order valence-corrected chi connectivity index (χ2v) is 11.3. The van der Waals surface area contributed by atoms with E-state index in [9.17, 15) is 9.59 Å². The van der Waals surface area contributed by atoms with E-state index < -0.39 is 5.97 Å². The van der Waals surface area contributed by atoms with Crippen LogP contribution in [-0.2, 0) is 11.2 Å². The molecule has 1 atom stereocenters. The Morgan fingerprint density at radius 1 is 0.780 bits per heavy atom. The number of rotatable bonds is 16. The minimum Gasteiger partial charge on any atom is -1.00 e. The quantitative estimate of drug-likeness (QED) is 0.0818. The third-order valence-corrected chi connectivity index (χ3v) is 7.11. The first kappa shape index (κ1) is 34.6. The Labute approximate surface area is 267 Å². The topological polar surface area (TPSA) is 64.6 Å². The second kappa shape index (κ2) is 18.0. The maximum Gasteiger partial charge on any atom is 0.345 e. The van der Waals surface area contributed by atoms with E-state index in [2.05, 4.69) is 38.6 Å². The number of amides is 1. The SMILES string of the molecule is C[N+](C)(C)C(Cc1ccccc1)C(=O)NCCCCCCCCOc1ccc(OC(=O)c2ccccc2Cl)cc1.[I-]. The van der Waals surface area contributed by atoms with Crippen molar-refractivity contribution in [1.29, 1.82) is 0 Å². The summed E-state index contributed by atoms with van der Waals surface area (Å²) in [5.74, 6) is 0.823. The first-order valence-corrected chi connectivity index (χ1v) is 14.4. The van der Waals surface area contributed by atoms with Gasteiger partial charge >= 0.3 is 5.97 Å². The van der Waals surface area contributed by atoms with Crippen molar-refractivity contribution in [2.75, 3.05) is 34.3 Å². The van der Waals surface area contributed by atoms with E-state index in [1.54, 1.807) is 48.5 Å². The second-order valence-electron chi connectivity index (χ2n) is 10.9. The molecule has 0 fully saturated rings. The predicted octanol–water partition coefficient (Wildman–Crippen LogP) is 3.72. The van der Waals surface area contributed by atoms with Gasteiger partial charge in [-0.15, -0.1) is 0 Å². The van der Waals surface area contributed by atoms with E-state index in [4.69, 9.17) is 21.1 Å². The van der Waals surface area contributed by atoms with E-state index >= 15 is 0 Å². The molecule has 0 aliphatic heterocycles. The Hall–Kier alpha value is -2.62. The molecule has 1 amide bonds. The van der Waals surface area contributed by atoms with Gasteiger partial charge in [0.2, 0.25) is 0 Å². The van der Waals surface area contributed by atoms with Gasteiger partial charge in [0.25, 0.3) is 5.91 Å². The summed E-state index contributed by atoms with van der Waals surface area (Å²) in [4.78, 5) is 25.2. The fourth-order valence-corrected chi connectivity index (χ4v) is 4.61. The lowest BCUT2D eigenvalue weighted by molar-refractivity contribution is -0.886. The zero-order chi connectivity index (χ0) is 28.8. The van der Waals surface area contributed by atoms with Gasteiger partial charge in [-0.25, -0.2) is 4.79 Å². The number of nitrogens with zero attached hydrogens (tertiary/aromatic N) is 1. The van der Waals surface area contributed by atoms with E-state index in [1.165, 1.54) is 5.56 Å². The van der Waals surface area contributed by atoms with Crippen molar-refractivity contribution in [3.8, 4) is 11.5 Å². The summed E-state index contributed by atoms with van der Waals surface area (Å²) in [7, 11) is 6.23. The summed E-state index contributed by atoms with van der Waals surface area (Å²) < 4.78 is 11.8. The van der Waals surface area contributed by atoms with Gasteiger partial charge in [-0.05, 0) is 54.8 Å². The van der Waals surface area contributed by atoms with Crippen molar-refractivity contribution in [3.05, 3.63) is 95.0 Å². The molecule has 41 heavy (non-hydrogen) atoms. The Morgan fingerprint density at radius 3 is 2.02 bits per heavy atom. The van der Waals surface area contributed by atoms with Gasteiger partial charge in [-0.3, -0.25) is 4.79 Å². The number of halogens is 2. The van der Waals surface area contributed by atoms with Gasteiger partial charge in [0, 0.05) is 13.0 Å². The minimum atomic E-state index is -0.488. The van der Waals surface area contributed by atoms with Gasteiger partial charge in [0.15, 0.2) is 6.04 Å². The highest BCUT2D eigenvalue weighted by Crippen LogP contribution is 2.21. The molecule has 0 saturated carbocycles. The molecule has 222 valence electrons. The lowest BCUT2D eigenvalue weighted by Crippen LogP contribution is -3.00. The normalized spacial score (nSPS) is 11.7. The Bertz CT molecular complexity index is 1200. The summed E-state index contributed by atoms with van der Waals surface area (Å²) in [6.45, 7) is 1.36. The van der Waals surface area contributed by atoms with Crippen LogP contribution in [0.4, 0.5) is 0 Å². The average Bonchev–Trinajstić information content (AvgIpc) is 2.93. The van der Waals surface area contributed by atoms with Crippen molar-refractivity contribution in [3.63, 3.8) is 0 Å². The van der Waals surface area contributed by atoms with E-state index in [0.717, 1.165) is 57.2 Å². The van der Waals surface area contributed by atoms with Gasteiger partial charge in [0.1, 0.15) is 11.5 Å². The lowest BCUT2D eigenvalue weighted by atomic mass is 10.0. The molecular formula is C33H42ClIN2O4. The van der Waals surface area contributed by atoms with Crippen molar-refractivity contribution in [1.82, 2.24) is 5.32 Å². The number of carbonyl (C=O) groups is 2. The molecular weight excluding hydrogens is 651 g/mol. The van der Waals surface area contributed by atoms with Crippen LogP contribution < -0.4 is 38.8 Å². The summed E-state index contributed by atoms with van der Waals surface area (Å²) in [6.07, 6.45) is 7.19. The molecule has 0 saturated heterocycles. The molecule has 0 aromatic heterocycles. The molecule has 3 aromatic carbocycles. The van der Waals surface area contributed by atoms with Crippen LogP contribution in [0.5, 0.6) is 11.5 Å². The maximum atomic E-state index is 12.9. The average molecular weight is 693 g/mol. The highest BCUT2D eigenvalue weighted by Gasteiger charge is 2.31.